The molecule has 0 spiro atoms. The summed E-state index contributed by atoms with van der Waals surface area (Å²) in [6.45, 7) is 0.627. The number of benzene rings is 1. The van der Waals surface area contributed by atoms with Gasteiger partial charge in [0.1, 0.15) is 5.75 Å². The molecule has 0 aliphatic heterocycles. The van der Waals surface area contributed by atoms with Crippen LogP contribution in [0.3, 0.4) is 0 Å². The molecular formula is C16H26O3. The molecule has 0 amide bonds. The molecule has 1 rings (SSSR count). The third-order valence-electron chi connectivity index (χ3n) is 3.16. The van der Waals surface area contributed by atoms with Gasteiger partial charge < -0.3 is 14.6 Å². The van der Waals surface area contributed by atoms with E-state index in [0.29, 0.717) is 13.4 Å². The summed E-state index contributed by atoms with van der Waals surface area (Å²) in [6, 6.07) is 8.16. The van der Waals surface area contributed by atoms with Crippen molar-refractivity contribution in [2.75, 3.05) is 20.5 Å². The Hall–Kier alpha value is -1.06. The number of aryl methyl sites for hydroxylation is 1. The Bertz CT molecular complexity index is 326. The number of hydrogen-bond acceptors (Lipinski definition) is 3. The molecule has 1 N–H and O–H groups in total. The van der Waals surface area contributed by atoms with Crippen molar-refractivity contribution in [3.63, 3.8) is 0 Å². The number of unbranched alkanes of at least 4 members (excludes halogenated alkanes) is 5. The van der Waals surface area contributed by atoms with Gasteiger partial charge in [0, 0.05) is 13.7 Å². The lowest BCUT2D eigenvalue weighted by molar-refractivity contribution is 0.0504. The van der Waals surface area contributed by atoms with E-state index >= 15 is 0 Å². The predicted octanol–water partition coefficient (Wildman–Crippen LogP) is 3.54. The predicted molar refractivity (Wildman–Crippen MR) is 77.4 cm³/mol. The minimum absolute atomic E-state index is 0.304. The van der Waals surface area contributed by atoms with Gasteiger partial charge >= 0.3 is 0 Å². The second-order valence-electron chi connectivity index (χ2n) is 4.75. The van der Waals surface area contributed by atoms with Gasteiger partial charge in [-0.15, -0.1) is 0 Å². The molecule has 19 heavy (non-hydrogen) atoms. The Kier molecular flexibility index (Phi) is 9.11. The highest BCUT2D eigenvalue weighted by molar-refractivity contribution is 5.33. The Morgan fingerprint density at radius 1 is 0.947 bits per heavy atom. The van der Waals surface area contributed by atoms with E-state index in [1.165, 1.54) is 31.2 Å². The summed E-state index contributed by atoms with van der Waals surface area (Å²) < 4.78 is 10.5. The maximum Gasteiger partial charge on any atom is 0.188 e. The van der Waals surface area contributed by atoms with E-state index in [1.807, 2.05) is 12.1 Å². The summed E-state index contributed by atoms with van der Waals surface area (Å²) in [7, 11) is 1.63. The molecule has 1 aromatic carbocycles. The quantitative estimate of drug-likeness (QED) is 0.492. The maximum absolute atomic E-state index is 8.69. The molecule has 0 aliphatic carbocycles. The third kappa shape index (κ3) is 7.19. The number of aliphatic hydroxyl groups is 1. The zero-order valence-electron chi connectivity index (χ0n) is 11.9. The molecular weight excluding hydrogens is 240 g/mol. The summed E-state index contributed by atoms with van der Waals surface area (Å²) in [6.07, 6.45) is 8.04. The van der Waals surface area contributed by atoms with Crippen LogP contribution in [0.2, 0.25) is 0 Å². The normalized spacial score (nSPS) is 10.6. The molecule has 1 aromatic rings. The van der Waals surface area contributed by atoms with Gasteiger partial charge in [0.25, 0.3) is 0 Å². The number of hydrogen-bond donors (Lipinski definition) is 1. The van der Waals surface area contributed by atoms with Crippen molar-refractivity contribution >= 4 is 0 Å². The van der Waals surface area contributed by atoms with E-state index < -0.39 is 0 Å². The first-order valence-corrected chi connectivity index (χ1v) is 7.19. The van der Waals surface area contributed by atoms with Crippen LogP contribution in [0.5, 0.6) is 5.75 Å². The van der Waals surface area contributed by atoms with Crippen LogP contribution in [0.15, 0.2) is 24.3 Å². The second-order valence-corrected chi connectivity index (χ2v) is 4.75. The minimum Gasteiger partial charge on any atom is -0.467 e. The summed E-state index contributed by atoms with van der Waals surface area (Å²) in [5, 5.41) is 8.69. The van der Waals surface area contributed by atoms with Gasteiger partial charge in [0.05, 0.1) is 0 Å². The van der Waals surface area contributed by atoms with Crippen LogP contribution in [0.4, 0.5) is 0 Å². The monoisotopic (exact) mass is 266 g/mol. The highest BCUT2D eigenvalue weighted by Crippen LogP contribution is 2.20. The first-order chi connectivity index (χ1) is 9.38. The van der Waals surface area contributed by atoms with E-state index in [2.05, 4.69) is 12.1 Å². The molecule has 0 fully saturated rings. The van der Waals surface area contributed by atoms with Crippen molar-refractivity contribution in [2.24, 2.45) is 0 Å². The average Bonchev–Trinajstić information content (AvgIpc) is 2.45. The van der Waals surface area contributed by atoms with E-state index in [9.17, 15) is 0 Å². The molecule has 0 saturated heterocycles. The van der Waals surface area contributed by atoms with Crippen molar-refractivity contribution in [1.82, 2.24) is 0 Å². The van der Waals surface area contributed by atoms with Crippen LogP contribution < -0.4 is 4.74 Å². The lowest BCUT2D eigenvalue weighted by Crippen LogP contribution is -2.01. The molecule has 0 aliphatic rings. The fraction of sp³-hybridized carbons (Fsp3) is 0.625. The van der Waals surface area contributed by atoms with Gasteiger partial charge in [-0.05, 0) is 30.9 Å². The van der Waals surface area contributed by atoms with Crippen LogP contribution in [-0.2, 0) is 11.2 Å². The molecule has 0 bridgehead atoms. The molecule has 0 atom stereocenters. The van der Waals surface area contributed by atoms with E-state index in [1.54, 1.807) is 7.11 Å². The summed E-state index contributed by atoms with van der Waals surface area (Å²) in [5.74, 6) is 0.935. The molecule has 3 heteroatoms. The maximum atomic E-state index is 8.69. The number of rotatable bonds is 11. The Labute approximate surface area is 116 Å². The first-order valence-electron chi connectivity index (χ1n) is 7.19. The fourth-order valence-corrected chi connectivity index (χ4v) is 2.11. The van der Waals surface area contributed by atoms with Crippen molar-refractivity contribution in [1.29, 1.82) is 0 Å². The molecule has 0 radical (unpaired) electrons. The third-order valence-corrected chi connectivity index (χ3v) is 3.16. The first kappa shape index (κ1) is 16.0. The van der Waals surface area contributed by atoms with Crippen LogP contribution >= 0.6 is 0 Å². The summed E-state index contributed by atoms with van der Waals surface area (Å²) in [5.41, 5.74) is 1.26. The topological polar surface area (TPSA) is 38.7 Å². The molecule has 0 aromatic heterocycles. The van der Waals surface area contributed by atoms with Gasteiger partial charge in [0.2, 0.25) is 0 Å². The van der Waals surface area contributed by atoms with Gasteiger partial charge in [-0.1, -0.05) is 43.9 Å². The highest BCUT2D eigenvalue weighted by atomic mass is 16.7. The lowest BCUT2D eigenvalue weighted by Gasteiger charge is -2.10. The molecule has 0 saturated carbocycles. The van der Waals surface area contributed by atoms with Crippen molar-refractivity contribution in [2.45, 2.75) is 44.9 Å². The largest absolute Gasteiger partial charge is 0.467 e. The van der Waals surface area contributed by atoms with Crippen LogP contribution in [-0.4, -0.2) is 25.6 Å². The van der Waals surface area contributed by atoms with Crippen LogP contribution in [0.1, 0.15) is 44.1 Å². The number of methoxy groups -OCH3 is 1. The number of aliphatic hydroxyl groups excluding tert-OH is 1. The molecule has 0 unspecified atom stereocenters. The molecule has 0 heterocycles. The lowest BCUT2D eigenvalue weighted by atomic mass is 10.0. The van der Waals surface area contributed by atoms with Crippen LogP contribution in [0.25, 0.3) is 0 Å². The summed E-state index contributed by atoms with van der Waals surface area (Å²) >= 11 is 0. The zero-order chi connectivity index (χ0) is 13.8. The standard InChI is InChI=1S/C16H26O3/c1-18-14-19-16-12-8-7-11-15(16)10-6-4-2-3-5-9-13-17/h7-8,11-12,17H,2-6,9-10,13-14H2,1H3. The SMILES string of the molecule is COCOc1ccccc1CCCCCCCCO. The van der Waals surface area contributed by atoms with Gasteiger partial charge in [-0.25, -0.2) is 0 Å². The Morgan fingerprint density at radius 2 is 1.63 bits per heavy atom. The van der Waals surface area contributed by atoms with Crippen LogP contribution in [0, 0.1) is 0 Å². The van der Waals surface area contributed by atoms with Gasteiger partial charge in [0.15, 0.2) is 6.79 Å². The van der Waals surface area contributed by atoms with Gasteiger partial charge in [-0.3, -0.25) is 0 Å². The second kappa shape index (κ2) is 10.8. The number of para-hydroxylation sites is 1. The highest BCUT2D eigenvalue weighted by Gasteiger charge is 2.02. The molecule has 3 nitrogen and oxygen atoms in total. The number of ether oxygens (including phenoxy) is 2. The van der Waals surface area contributed by atoms with Crippen molar-refractivity contribution in [3.8, 4) is 5.75 Å². The average molecular weight is 266 g/mol. The molecule has 108 valence electrons. The minimum atomic E-state index is 0.304. The Balaban J connectivity index is 2.21. The van der Waals surface area contributed by atoms with E-state index in [0.717, 1.165) is 25.0 Å². The van der Waals surface area contributed by atoms with E-state index in [4.69, 9.17) is 14.6 Å². The van der Waals surface area contributed by atoms with E-state index in [-0.39, 0.29) is 0 Å². The summed E-state index contributed by atoms with van der Waals surface area (Å²) in [4.78, 5) is 0. The van der Waals surface area contributed by atoms with Crippen molar-refractivity contribution < 1.29 is 14.6 Å². The van der Waals surface area contributed by atoms with Gasteiger partial charge in [-0.2, -0.15) is 0 Å². The van der Waals surface area contributed by atoms with Crippen molar-refractivity contribution in [3.05, 3.63) is 29.8 Å². The fourth-order valence-electron chi connectivity index (χ4n) is 2.11. The smallest absolute Gasteiger partial charge is 0.188 e. The zero-order valence-corrected chi connectivity index (χ0v) is 11.9. The Morgan fingerprint density at radius 3 is 2.37 bits per heavy atom.